The first-order chi connectivity index (χ1) is 12.0. The summed E-state index contributed by atoms with van der Waals surface area (Å²) in [6, 6.07) is 13.8. The van der Waals surface area contributed by atoms with Crippen LogP contribution in [0.25, 0.3) is 11.1 Å². The van der Waals surface area contributed by atoms with Crippen LogP contribution in [0.15, 0.2) is 48.5 Å². The third kappa shape index (κ3) is 3.99. The largest absolute Gasteiger partial charge is 0.508 e. The molecule has 0 bridgehead atoms. The molecule has 1 N–H and O–H groups in total. The number of hydrogen-bond acceptors (Lipinski definition) is 4. The summed E-state index contributed by atoms with van der Waals surface area (Å²) >= 11 is 0. The van der Waals surface area contributed by atoms with E-state index in [2.05, 4.69) is 0 Å². The number of ether oxygens (including phenoxy) is 1. The van der Waals surface area contributed by atoms with Crippen molar-refractivity contribution in [1.82, 2.24) is 4.90 Å². The van der Waals surface area contributed by atoms with Gasteiger partial charge in [0.15, 0.2) is 6.10 Å². The molecule has 1 heterocycles. The monoisotopic (exact) mass is 339 g/mol. The van der Waals surface area contributed by atoms with E-state index >= 15 is 0 Å². The molecule has 1 aliphatic rings. The van der Waals surface area contributed by atoms with Crippen LogP contribution in [0.3, 0.4) is 0 Å². The SMILES string of the molecule is C[C@@H](OC(=O)c1ccc(-c2ccc(O)cc2)cc1)C(=O)N1CCCC1. The predicted molar refractivity (Wildman–Crippen MR) is 94.2 cm³/mol. The molecule has 0 spiro atoms. The number of carbonyl (C=O) groups is 2. The van der Waals surface area contributed by atoms with Crippen LogP contribution in [-0.2, 0) is 9.53 Å². The normalized spacial score (nSPS) is 15.0. The van der Waals surface area contributed by atoms with Gasteiger partial charge in [0.2, 0.25) is 0 Å². The van der Waals surface area contributed by atoms with Crippen molar-refractivity contribution in [3.05, 3.63) is 54.1 Å². The summed E-state index contributed by atoms with van der Waals surface area (Å²) < 4.78 is 5.31. The molecule has 1 atom stereocenters. The molecule has 130 valence electrons. The van der Waals surface area contributed by atoms with Crippen molar-refractivity contribution >= 4 is 11.9 Å². The van der Waals surface area contributed by atoms with Gasteiger partial charge in [0, 0.05) is 13.1 Å². The van der Waals surface area contributed by atoms with Crippen LogP contribution in [0.4, 0.5) is 0 Å². The highest BCUT2D eigenvalue weighted by Gasteiger charge is 2.26. The Bertz CT molecular complexity index is 746. The Labute approximate surface area is 146 Å². The third-order valence-electron chi connectivity index (χ3n) is 4.37. The van der Waals surface area contributed by atoms with Gasteiger partial charge < -0.3 is 14.7 Å². The molecule has 0 aliphatic carbocycles. The minimum atomic E-state index is -0.776. The molecule has 1 aliphatic heterocycles. The third-order valence-corrected chi connectivity index (χ3v) is 4.37. The van der Waals surface area contributed by atoms with Crippen LogP contribution in [-0.4, -0.2) is 41.1 Å². The van der Waals surface area contributed by atoms with Crippen LogP contribution in [0.5, 0.6) is 5.75 Å². The van der Waals surface area contributed by atoms with Gasteiger partial charge in [-0.25, -0.2) is 4.79 Å². The number of phenolic OH excluding ortho intramolecular Hbond substituents is 1. The zero-order valence-corrected chi connectivity index (χ0v) is 14.1. The molecular formula is C20H21NO4. The standard InChI is InChI=1S/C20H21NO4/c1-14(19(23)21-12-2-3-13-21)25-20(24)17-6-4-15(5-7-17)16-8-10-18(22)11-9-16/h4-11,14,22H,2-3,12-13H2,1H3/t14-/m1/s1. The Morgan fingerprint density at radius 1 is 0.960 bits per heavy atom. The molecule has 2 aromatic carbocycles. The lowest BCUT2D eigenvalue weighted by atomic mass is 10.0. The number of benzene rings is 2. The predicted octanol–water partition coefficient (Wildman–Crippen LogP) is 3.23. The van der Waals surface area contributed by atoms with Crippen molar-refractivity contribution in [2.75, 3.05) is 13.1 Å². The number of likely N-dealkylation sites (tertiary alicyclic amines) is 1. The first-order valence-electron chi connectivity index (χ1n) is 8.44. The van der Waals surface area contributed by atoms with Crippen LogP contribution in [0.1, 0.15) is 30.1 Å². The maximum absolute atomic E-state index is 12.2. The zero-order chi connectivity index (χ0) is 17.8. The first-order valence-corrected chi connectivity index (χ1v) is 8.44. The van der Waals surface area contributed by atoms with Gasteiger partial charge >= 0.3 is 5.97 Å². The number of nitrogens with zero attached hydrogens (tertiary/aromatic N) is 1. The Hall–Kier alpha value is -2.82. The van der Waals surface area contributed by atoms with E-state index in [1.807, 2.05) is 12.1 Å². The highest BCUT2D eigenvalue weighted by molar-refractivity contribution is 5.92. The lowest BCUT2D eigenvalue weighted by Gasteiger charge is -2.20. The number of phenols is 1. The number of esters is 1. The lowest BCUT2D eigenvalue weighted by molar-refractivity contribution is -0.138. The van der Waals surface area contributed by atoms with E-state index in [1.165, 1.54) is 0 Å². The Balaban J connectivity index is 1.64. The molecule has 0 saturated carbocycles. The van der Waals surface area contributed by atoms with Crippen LogP contribution < -0.4 is 0 Å². The van der Waals surface area contributed by atoms with Gasteiger partial charge in [-0.05, 0) is 55.2 Å². The number of aromatic hydroxyl groups is 1. The average molecular weight is 339 g/mol. The quantitative estimate of drug-likeness (QED) is 0.869. The molecule has 2 aromatic rings. The number of hydrogen-bond donors (Lipinski definition) is 1. The number of carbonyl (C=O) groups excluding carboxylic acids is 2. The fourth-order valence-corrected chi connectivity index (χ4v) is 2.93. The molecule has 5 heteroatoms. The molecule has 1 amide bonds. The Morgan fingerprint density at radius 2 is 1.48 bits per heavy atom. The van der Waals surface area contributed by atoms with E-state index < -0.39 is 12.1 Å². The second-order valence-electron chi connectivity index (χ2n) is 6.20. The molecule has 0 unspecified atom stereocenters. The van der Waals surface area contributed by atoms with Crippen LogP contribution in [0.2, 0.25) is 0 Å². The van der Waals surface area contributed by atoms with E-state index in [-0.39, 0.29) is 11.7 Å². The minimum absolute atomic E-state index is 0.133. The van der Waals surface area contributed by atoms with Crippen LogP contribution >= 0.6 is 0 Å². The van der Waals surface area contributed by atoms with Crippen molar-refractivity contribution in [2.24, 2.45) is 0 Å². The molecule has 1 saturated heterocycles. The summed E-state index contributed by atoms with van der Waals surface area (Å²) in [6.07, 6.45) is 1.23. The lowest BCUT2D eigenvalue weighted by Crippen LogP contribution is -2.38. The molecule has 5 nitrogen and oxygen atoms in total. The Morgan fingerprint density at radius 3 is 2.04 bits per heavy atom. The summed E-state index contributed by atoms with van der Waals surface area (Å²) in [6.45, 7) is 3.09. The van der Waals surface area contributed by atoms with Gasteiger partial charge in [0.05, 0.1) is 5.56 Å². The smallest absolute Gasteiger partial charge is 0.338 e. The topological polar surface area (TPSA) is 66.8 Å². The molecule has 3 rings (SSSR count). The number of amides is 1. The van der Waals surface area contributed by atoms with Crippen molar-refractivity contribution in [2.45, 2.75) is 25.9 Å². The van der Waals surface area contributed by atoms with E-state index in [4.69, 9.17) is 4.74 Å². The second kappa shape index (κ2) is 7.38. The second-order valence-corrected chi connectivity index (χ2v) is 6.20. The summed E-state index contributed by atoms with van der Waals surface area (Å²) in [7, 11) is 0. The Kier molecular flexibility index (Phi) is 5.03. The minimum Gasteiger partial charge on any atom is -0.508 e. The first kappa shape index (κ1) is 17.0. The van der Waals surface area contributed by atoms with Gasteiger partial charge in [0.1, 0.15) is 5.75 Å². The molecule has 0 aromatic heterocycles. The van der Waals surface area contributed by atoms with Gasteiger partial charge in [0.25, 0.3) is 5.91 Å². The van der Waals surface area contributed by atoms with E-state index in [9.17, 15) is 14.7 Å². The fraction of sp³-hybridized carbons (Fsp3) is 0.300. The highest BCUT2D eigenvalue weighted by Crippen LogP contribution is 2.22. The number of rotatable bonds is 4. The van der Waals surface area contributed by atoms with Gasteiger partial charge in [-0.1, -0.05) is 24.3 Å². The summed E-state index contributed by atoms with van der Waals surface area (Å²) in [4.78, 5) is 26.2. The fourth-order valence-electron chi connectivity index (χ4n) is 2.93. The van der Waals surface area contributed by atoms with Crippen molar-refractivity contribution < 1.29 is 19.4 Å². The van der Waals surface area contributed by atoms with E-state index in [1.54, 1.807) is 48.2 Å². The van der Waals surface area contributed by atoms with Crippen molar-refractivity contribution in [3.8, 4) is 16.9 Å². The van der Waals surface area contributed by atoms with Gasteiger partial charge in [-0.15, -0.1) is 0 Å². The maximum Gasteiger partial charge on any atom is 0.338 e. The average Bonchev–Trinajstić information content (AvgIpc) is 3.16. The van der Waals surface area contributed by atoms with E-state index in [0.717, 1.165) is 37.1 Å². The van der Waals surface area contributed by atoms with E-state index in [0.29, 0.717) is 5.56 Å². The summed E-state index contributed by atoms with van der Waals surface area (Å²) in [5.41, 5.74) is 2.27. The summed E-state index contributed by atoms with van der Waals surface area (Å²) in [5, 5.41) is 9.34. The van der Waals surface area contributed by atoms with Crippen molar-refractivity contribution in [3.63, 3.8) is 0 Å². The van der Waals surface area contributed by atoms with Gasteiger partial charge in [-0.3, -0.25) is 4.79 Å². The molecular weight excluding hydrogens is 318 g/mol. The van der Waals surface area contributed by atoms with Crippen molar-refractivity contribution in [1.29, 1.82) is 0 Å². The highest BCUT2D eigenvalue weighted by atomic mass is 16.5. The summed E-state index contributed by atoms with van der Waals surface area (Å²) in [5.74, 6) is -0.426. The van der Waals surface area contributed by atoms with Gasteiger partial charge in [-0.2, -0.15) is 0 Å². The zero-order valence-electron chi connectivity index (χ0n) is 14.1. The maximum atomic E-state index is 12.2. The molecule has 0 radical (unpaired) electrons. The molecule has 1 fully saturated rings. The van der Waals surface area contributed by atoms with Crippen LogP contribution in [0, 0.1) is 0 Å². The molecule has 25 heavy (non-hydrogen) atoms.